The molecule has 0 aliphatic heterocycles. The number of carbonyl (C=O) groups is 1. The van der Waals surface area contributed by atoms with E-state index < -0.39 is 0 Å². The van der Waals surface area contributed by atoms with Crippen molar-refractivity contribution in [3.05, 3.63) is 0 Å². The van der Waals surface area contributed by atoms with Crippen molar-refractivity contribution in [2.24, 2.45) is 5.92 Å². The van der Waals surface area contributed by atoms with E-state index in [1.165, 1.54) is 20.0 Å². The van der Waals surface area contributed by atoms with Crippen LogP contribution in [0.5, 0.6) is 0 Å². The van der Waals surface area contributed by atoms with E-state index in [9.17, 15) is 9.90 Å². The maximum atomic E-state index is 11.3. The Morgan fingerprint density at radius 2 is 2.12 bits per heavy atom. The molecule has 4 heteroatoms. The molecular formula is C12H23NO3. The summed E-state index contributed by atoms with van der Waals surface area (Å²) in [6.45, 7) is 5.20. The molecule has 0 saturated heterocycles. The summed E-state index contributed by atoms with van der Waals surface area (Å²) < 4.78 is 4.72. The predicted molar refractivity (Wildman–Crippen MR) is 62.1 cm³/mol. The summed E-state index contributed by atoms with van der Waals surface area (Å²) in [7, 11) is 1.42. The molecule has 2 unspecified atom stereocenters. The Kier molecular flexibility index (Phi) is 5.22. The summed E-state index contributed by atoms with van der Waals surface area (Å²) >= 11 is 0. The summed E-state index contributed by atoms with van der Waals surface area (Å²) in [5, 5.41) is 9.66. The number of ether oxygens (including phenoxy) is 1. The Morgan fingerprint density at radius 1 is 1.50 bits per heavy atom. The number of aliphatic hydroxyl groups is 1. The lowest BCUT2D eigenvalue weighted by Gasteiger charge is -2.26. The molecule has 16 heavy (non-hydrogen) atoms. The molecule has 94 valence electrons. The molecule has 0 amide bonds. The monoisotopic (exact) mass is 229 g/mol. The van der Waals surface area contributed by atoms with Crippen LogP contribution in [-0.4, -0.2) is 48.3 Å². The van der Waals surface area contributed by atoms with Crippen LogP contribution in [0.3, 0.4) is 0 Å². The van der Waals surface area contributed by atoms with E-state index in [1.807, 2.05) is 13.8 Å². The van der Waals surface area contributed by atoms with Crippen molar-refractivity contribution in [3.8, 4) is 0 Å². The first-order valence-electron chi connectivity index (χ1n) is 6.08. The van der Waals surface area contributed by atoms with Crippen LogP contribution >= 0.6 is 0 Å². The van der Waals surface area contributed by atoms with Crippen LogP contribution in [-0.2, 0) is 9.53 Å². The fraction of sp³-hybridized carbons (Fsp3) is 0.917. The van der Waals surface area contributed by atoms with Crippen LogP contribution in [0.1, 0.15) is 33.1 Å². The van der Waals surface area contributed by atoms with Gasteiger partial charge in [0.15, 0.2) is 0 Å². The van der Waals surface area contributed by atoms with Gasteiger partial charge in [0.25, 0.3) is 0 Å². The van der Waals surface area contributed by atoms with Crippen molar-refractivity contribution < 1.29 is 14.6 Å². The van der Waals surface area contributed by atoms with Gasteiger partial charge in [0.1, 0.15) is 0 Å². The highest BCUT2D eigenvalue weighted by Gasteiger charge is 2.32. The van der Waals surface area contributed by atoms with Gasteiger partial charge in [-0.05, 0) is 19.3 Å². The van der Waals surface area contributed by atoms with Gasteiger partial charge in [-0.1, -0.05) is 13.8 Å². The first-order chi connectivity index (χ1) is 7.58. The summed E-state index contributed by atoms with van der Waals surface area (Å²) in [5.74, 6) is -0.286. The topological polar surface area (TPSA) is 49.8 Å². The van der Waals surface area contributed by atoms with Crippen LogP contribution < -0.4 is 0 Å². The second-order valence-electron chi connectivity index (χ2n) is 4.67. The summed E-state index contributed by atoms with van der Waals surface area (Å²) in [5.41, 5.74) is 0. The van der Waals surface area contributed by atoms with E-state index in [-0.39, 0.29) is 18.0 Å². The smallest absolute Gasteiger partial charge is 0.309 e. The maximum Gasteiger partial charge on any atom is 0.309 e. The number of carbonyl (C=O) groups excluding carboxylic acids is 1. The average molecular weight is 229 g/mol. The highest BCUT2D eigenvalue weighted by Crippen LogP contribution is 2.28. The third-order valence-electron chi connectivity index (χ3n) is 3.09. The number of hydrogen-bond donors (Lipinski definition) is 1. The molecule has 0 aromatic heterocycles. The Hall–Kier alpha value is -0.610. The Balaban J connectivity index is 2.41. The molecule has 0 aromatic rings. The second kappa shape index (κ2) is 6.21. The highest BCUT2D eigenvalue weighted by atomic mass is 16.5. The first-order valence-corrected chi connectivity index (χ1v) is 6.08. The van der Waals surface area contributed by atoms with Crippen molar-refractivity contribution >= 4 is 5.97 Å². The molecule has 1 rings (SSSR count). The Morgan fingerprint density at radius 3 is 2.56 bits per heavy atom. The van der Waals surface area contributed by atoms with Crippen molar-refractivity contribution in [1.29, 1.82) is 0 Å². The molecule has 4 nitrogen and oxygen atoms in total. The minimum absolute atomic E-state index is 0.116. The van der Waals surface area contributed by atoms with Crippen molar-refractivity contribution in [1.82, 2.24) is 4.90 Å². The van der Waals surface area contributed by atoms with Crippen LogP contribution in [0.2, 0.25) is 0 Å². The summed E-state index contributed by atoms with van der Waals surface area (Å²) in [4.78, 5) is 13.6. The van der Waals surface area contributed by atoms with Gasteiger partial charge in [-0.2, -0.15) is 0 Å². The summed E-state index contributed by atoms with van der Waals surface area (Å²) in [6.07, 6.45) is 2.84. The molecule has 2 atom stereocenters. The molecule has 1 saturated carbocycles. The van der Waals surface area contributed by atoms with Gasteiger partial charge in [-0.15, -0.1) is 0 Å². The molecule has 1 fully saturated rings. The molecule has 0 spiro atoms. The Labute approximate surface area is 97.6 Å². The lowest BCUT2D eigenvalue weighted by molar-refractivity contribution is -0.145. The zero-order valence-electron chi connectivity index (χ0n) is 10.5. The van der Waals surface area contributed by atoms with Gasteiger partial charge >= 0.3 is 5.97 Å². The minimum atomic E-state index is -0.287. The van der Waals surface area contributed by atoms with Gasteiger partial charge in [0, 0.05) is 19.1 Å². The number of rotatable bonds is 7. The fourth-order valence-electron chi connectivity index (χ4n) is 1.84. The van der Waals surface area contributed by atoms with Gasteiger partial charge < -0.3 is 9.84 Å². The highest BCUT2D eigenvalue weighted by molar-refractivity contribution is 5.72. The van der Waals surface area contributed by atoms with E-state index in [1.54, 1.807) is 0 Å². The van der Waals surface area contributed by atoms with Crippen molar-refractivity contribution in [2.75, 3.05) is 20.2 Å². The second-order valence-corrected chi connectivity index (χ2v) is 4.67. The van der Waals surface area contributed by atoms with E-state index in [0.717, 1.165) is 6.42 Å². The van der Waals surface area contributed by atoms with Crippen molar-refractivity contribution in [3.63, 3.8) is 0 Å². The van der Waals surface area contributed by atoms with E-state index in [4.69, 9.17) is 4.74 Å². The number of nitrogens with zero attached hydrogens (tertiary/aromatic N) is 1. The molecule has 0 radical (unpaired) electrons. The molecule has 0 aromatic carbocycles. The van der Waals surface area contributed by atoms with Gasteiger partial charge in [-0.25, -0.2) is 0 Å². The number of esters is 1. The Bertz CT molecular complexity index is 228. The van der Waals surface area contributed by atoms with Crippen LogP contribution in [0.15, 0.2) is 0 Å². The standard InChI is InChI=1S/C12H23NO3/c1-4-11(14)8-13(10-5-6-10)7-9(2)12(15)16-3/h9-11,14H,4-8H2,1-3H3. The predicted octanol–water partition coefficient (Wildman–Crippen LogP) is 1.03. The number of aliphatic hydroxyl groups excluding tert-OH is 1. The van der Waals surface area contributed by atoms with E-state index >= 15 is 0 Å². The number of hydrogen-bond acceptors (Lipinski definition) is 4. The third-order valence-corrected chi connectivity index (χ3v) is 3.09. The fourth-order valence-corrected chi connectivity index (χ4v) is 1.84. The van der Waals surface area contributed by atoms with Crippen LogP contribution in [0, 0.1) is 5.92 Å². The molecule has 0 bridgehead atoms. The lowest BCUT2D eigenvalue weighted by Crippen LogP contribution is -2.39. The van der Waals surface area contributed by atoms with E-state index in [2.05, 4.69) is 4.90 Å². The SMILES string of the molecule is CCC(O)CN(CC(C)C(=O)OC)C1CC1. The quantitative estimate of drug-likeness (QED) is 0.662. The average Bonchev–Trinajstić information content (AvgIpc) is 3.10. The normalized spacial score (nSPS) is 19.6. The molecule has 1 N–H and O–H groups in total. The maximum absolute atomic E-state index is 11.3. The minimum Gasteiger partial charge on any atom is -0.469 e. The van der Waals surface area contributed by atoms with Crippen LogP contribution in [0.4, 0.5) is 0 Å². The summed E-state index contributed by atoms with van der Waals surface area (Å²) in [6, 6.07) is 0.563. The van der Waals surface area contributed by atoms with Gasteiger partial charge in [0.05, 0.1) is 19.1 Å². The van der Waals surface area contributed by atoms with Gasteiger partial charge in [-0.3, -0.25) is 9.69 Å². The first kappa shape index (κ1) is 13.5. The lowest BCUT2D eigenvalue weighted by atomic mass is 10.1. The molecule has 1 aliphatic rings. The van der Waals surface area contributed by atoms with Crippen molar-refractivity contribution in [2.45, 2.75) is 45.3 Å². The molecular weight excluding hydrogens is 206 g/mol. The zero-order valence-corrected chi connectivity index (χ0v) is 10.5. The molecule has 1 aliphatic carbocycles. The zero-order chi connectivity index (χ0) is 12.1. The van der Waals surface area contributed by atoms with E-state index in [0.29, 0.717) is 19.1 Å². The van der Waals surface area contributed by atoms with Crippen LogP contribution in [0.25, 0.3) is 0 Å². The largest absolute Gasteiger partial charge is 0.469 e. The third kappa shape index (κ3) is 4.10. The van der Waals surface area contributed by atoms with Gasteiger partial charge in [0.2, 0.25) is 0 Å². The number of methoxy groups -OCH3 is 1. The molecule has 0 heterocycles.